The molecular formula is C10H17N5O2. The molecule has 0 radical (unpaired) electrons. The number of aromatic nitrogens is 3. The van der Waals surface area contributed by atoms with Gasteiger partial charge in [0.15, 0.2) is 0 Å². The van der Waals surface area contributed by atoms with E-state index in [9.17, 15) is 0 Å². The minimum absolute atomic E-state index is 0.0859. The van der Waals surface area contributed by atoms with Crippen molar-refractivity contribution >= 4 is 5.95 Å². The summed E-state index contributed by atoms with van der Waals surface area (Å²) in [7, 11) is 3.00. The van der Waals surface area contributed by atoms with E-state index in [4.69, 9.17) is 15.2 Å². The normalized spacial score (nSPS) is 17.1. The molecule has 1 aromatic heterocycles. The van der Waals surface area contributed by atoms with Crippen LogP contribution >= 0.6 is 0 Å². The number of nitrogens with one attached hydrogen (secondary N) is 1. The van der Waals surface area contributed by atoms with Gasteiger partial charge in [-0.2, -0.15) is 9.97 Å². The molecule has 0 saturated heterocycles. The number of nitrogens with zero attached hydrogens (tertiary/aromatic N) is 3. The van der Waals surface area contributed by atoms with Gasteiger partial charge in [-0.15, -0.1) is 4.98 Å². The highest BCUT2D eigenvalue weighted by atomic mass is 16.5. The Hall–Kier alpha value is -1.63. The number of anilines is 1. The fraction of sp³-hybridized carbons (Fsp3) is 0.700. The first kappa shape index (κ1) is 11.8. The minimum atomic E-state index is -0.0859. The van der Waals surface area contributed by atoms with E-state index in [0.29, 0.717) is 12.5 Å². The molecule has 0 aromatic carbocycles. The maximum Gasteiger partial charge on any atom is 0.324 e. The molecule has 94 valence electrons. The molecule has 3 N–H and O–H groups in total. The van der Waals surface area contributed by atoms with Gasteiger partial charge in [-0.1, -0.05) is 0 Å². The van der Waals surface area contributed by atoms with Crippen LogP contribution in [0.4, 0.5) is 5.95 Å². The van der Waals surface area contributed by atoms with Gasteiger partial charge in [0.25, 0.3) is 0 Å². The van der Waals surface area contributed by atoms with E-state index >= 15 is 0 Å². The second kappa shape index (κ2) is 4.70. The van der Waals surface area contributed by atoms with Crippen LogP contribution in [-0.4, -0.2) is 41.3 Å². The minimum Gasteiger partial charge on any atom is -0.467 e. The number of rotatable bonds is 5. The fourth-order valence-corrected chi connectivity index (χ4v) is 1.80. The summed E-state index contributed by atoms with van der Waals surface area (Å²) in [5.41, 5.74) is 5.68. The van der Waals surface area contributed by atoms with Crippen LogP contribution in [0.3, 0.4) is 0 Å². The quantitative estimate of drug-likeness (QED) is 0.756. The molecule has 0 atom stereocenters. The van der Waals surface area contributed by atoms with Crippen molar-refractivity contribution in [3.8, 4) is 12.0 Å². The molecule has 7 nitrogen and oxygen atoms in total. The van der Waals surface area contributed by atoms with Gasteiger partial charge >= 0.3 is 12.0 Å². The molecule has 1 saturated carbocycles. The summed E-state index contributed by atoms with van der Waals surface area (Å²) in [5.74, 6) is 0.443. The molecule has 1 heterocycles. The molecular weight excluding hydrogens is 222 g/mol. The number of hydrogen-bond acceptors (Lipinski definition) is 7. The molecule has 0 aliphatic heterocycles. The first-order chi connectivity index (χ1) is 8.21. The van der Waals surface area contributed by atoms with Gasteiger partial charge < -0.3 is 20.5 Å². The second-order valence-electron chi connectivity index (χ2n) is 4.10. The summed E-state index contributed by atoms with van der Waals surface area (Å²) in [6.07, 6.45) is 3.23. The predicted octanol–water partition coefficient (Wildman–Crippen LogP) is 0.182. The molecule has 0 unspecified atom stereocenters. The average Bonchev–Trinajstić information content (AvgIpc) is 2.33. The first-order valence-electron chi connectivity index (χ1n) is 5.54. The molecule has 1 fully saturated rings. The summed E-state index contributed by atoms with van der Waals surface area (Å²) < 4.78 is 9.97. The van der Waals surface area contributed by atoms with Crippen molar-refractivity contribution in [1.82, 2.24) is 15.0 Å². The van der Waals surface area contributed by atoms with Crippen molar-refractivity contribution in [3.05, 3.63) is 0 Å². The monoisotopic (exact) mass is 239 g/mol. The van der Waals surface area contributed by atoms with E-state index < -0.39 is 0 Å². The zero-order chi connectivity index (χ0) is 12.3. The van der Waals surface area contributed by atoms with Crippen LogP contribution in [0.25, 0.3) is 0 Å². The Morgan fingerprint density at radius 1 is 1.18 bits per heavy atom. The van der Waals surface area contributed by atoms with Gasteiger partial charge in [0.2, 0.25) is 5.95 Å². The maximum atomic E-state index is 5.76. The van der Waals surface area contributed by atoms with Crippen molar-refractivity contribution in [3.63, 3.8) is 0 Å². The Bertz CT molecular complexity index is 367. The Morgan fingerprint density at radius 2 is 1.76 bits per heavy atom. The van der Waals surface area contributed by atoms with Crippen LogP contribution < -0.4 is 20.5 Å². The lowest BCUT2D eigenvalue weighted by Crippen LogP contribution is -2.51. The Balaban J connectivity index is 2.19. The van der Waals surface area contributed by atoms with E-state index in [-0.39, 0.29) is 17.6 Å². The molecule has 1 aliphatic carbocycles. The largest absolute Gasteiger partial charge is 0.467 e. The number of ether oxygens (including phenoxy) is 2. The van der Waals surface area contributed by atoms with Crippen molar-refractivity contribution in [2.24, 2.45) is 5.73 Å². The van der Waals surface area contributed by atoms with Crippen LogP contribution in [-0.2, 0) is 0 Å². The smallest absolute Gasteiger partial charge is 0.324 e. The molecule has 17 heavy (non-hydrogen) atoms. The zero-order valence-corrected chi connectivity index (χ0v) is 10.1. The van der Waals surface area contributed by atoms with Crippen LogP contribution in [0, 0.1) is 0 Å². The van der Waals surface area contributed by atoms with Crippen molar-refractivity contribution in [2.45, 2.75) is 24.8 Å². The highest BCUT2D eigenvalue weighted by Gasteiger charge is 2.36. The van der Waals surface area contributed by atoms with Crippen LogP contribution in [0.2, 0.25) is 0 Å². The zero-order valence-electron chi connectivity index (χ0n) is 10.1. The first-order valence-corrected chi connectivity index (χ1v) is 5.54. The lowest BCUT2D eigenvalue weighted by Gasteiger charge is -2.41. The number of methoxy groups -OCH3 is 2. The second-order valence-corrected chi connectivity index (χ2v) is 4.10. The van der Waals surface area contributed by atoms with Gasteiger partial charge in [-0.25, -0.2) is 0 Å². The third kappa shape index (κ3) is 2.38. The number of nitrogens with two attached hydrogens (primary N) is 1. The topological polar surface area (TPSA) is 95.2 Å². The third-order valence-electron chi connectivity index (χ3n) is 3.04. The summed E-state index contributed by atoms with van der Waals surface area (Å²) >= 11 is 0. The van der Waals surface area contributed by atoms with Crippen molar-refractivity contribution < 1.29 is 9.47 Å². The number of hydrogen-bond donors (Lipinski definition) is 2. The molecule has 7 heteroatoms. The van der Waals surface area contributed by atoms with E-state index in [0.717, 1.165) is 12.8 Å². The van der Waals surface area contributed by atoms with E-state index in [1.54, 1.807) is 0 Å². The highest BCUT2D eigenvalue weighted by Crippen LogP contribution is 2.33. The van der Waals surface area contributed by atoms with E-state index in [1.807, 2.05) is 0 Å². The van der Waals surface area contributed by atoms with Crippen molar-refractivity contribution in [1.29, 1.82) is 0 Å². The van der Waals surface area contributed by atoms with Gasteiger partial charge in [0.1, 0.15) is 0 Å². The van der Waals surface area contributed by atoms with Crippen LogP contribution in [0.5, 0.6) is 12.0 Å². The van der Waals surface area contributed by atoms with E-state index in [1.165, 1.54) is 20.6 Å². The highest BCUT2D eigenvalue weighted by molar-refractivity contribution is 5.33. The average molecular weight is 239 g/mol. The molecule has 2 rings (SSSR count). The molecule has 0 amide bonds. The van der Waals surface area contributed by atoms with Crippen molar-refractivity contribution in [2.75, 3.05) is 26.1 Å². The lowest BCUT2D eigenvalue weighted by atomic mass is 9.77. The van der Waals surface area contributed by atoms with Gasteiger partial charge in [0.05, 0.1) is 19.8 Å². The Kier molecular flexibility index (Phi) is 3.28. The predicted molar refractivity (Wildman–Crippen MR) is 62.2 cm³/mol. The molecule has 0 spiro atoms. The standard InChI is InChI=1S/C10H17N5O2/c1-16-8-12-7(13-9(14-8)17-2)15-10(6-11)4-3-5-10/h3-6,11H2,1-2H3,(H,12,13,14,15). The molecule has 1 aromatic rings. The Labute approximate surface area is 99.8 Å². The summed E-state index contributed by atoms with van der Waals surface area (Å²) in [6, 6.07) is 0.455. The van der Waals surface area contributed by atoms with E-state index in [2.05, 4.69) is 20.3 Å². The summed E-state index contributed by atoms with van der Waals surface area (Å²) in [4.78, 5) is 12.2. The fourth-order valence-electron chi connectivity index (χ4n) is 1.80. The van der Waals surface area contributed by atoms with Crippen LogP contribution in [0.1, 0.15) is 19.3 Å². The van der Waals surface area contributed by atoms with Crippen LogP contribution in [0.15, 0.2) is 0 Å². The summed E-state index contributed by atoms with van der Waals surface area (Å²) in [5, 5.41) is 3.24. The maximum absolute atomic E-state index is 5.76. The summed E-state index contributed by atoms with van der Waals surface area (Å²) in [6.45, 7) is 0.559. The lowest BCUT2D eigenvalue weighted by molar-refractivity contribution is 0.283. The SMILES string of the molecule is COc1nc(NC2(CN)CCC2)nc(OC)n1. The van der Waals surface area contributed by atoms with Gasteiger partial charge in [-0.3, -0.25) is 0 Å². The third-order valence-corrected chi connectivity index (χ3v) is 3.04. The van der Waals surface area contributed by atoms with Gasteiger partial charge in [0, 0.05) is 6.54 Å². The molecule has 0 bridgehead atoms. The van der Waals surface area contributed by atoms with Gasteiger partial charge in [-0.05, 0) is 19.3 Å². The molecule has 1 aliphatic rings. The Morgan fingerprint density at radius 3 is 2.12 bits per heavy atom.